The highest BCUT2D eigenvalue weighted by Crippen LogP contribution is 2.54. The maximum atomic E-state index is 6.55. The predicted molar refractivity (Wildman–Crippen MR) is 143 cm³/mol. The second-order valence-corrected chi connectivity index (χ2v) is 11.0. The first-order valence-electron chi connectivity index (χ1n) is 12.3. The zero-order valence-electron chi connectivity index (χ0n) is 20.0. The Balaban J connectivity index is 1.45. The number of rotatable bonds is 1. The molecule has 164 valence electrons. The lowest BCUT2D eigenvalue weighted by molar-refractivity contribution is 0.645. The van der Waals surface area contributed by atoms with E-state index in [4.69, 9.17) is 12.8 Å². The topological polar surface area (TPSA) is 17.3 Å². The Labute approximate surface area is 202 Å². The van der Waals surface area contributed by atoms with Crippen LogP contribution in [0, 0.1) is 0 Å². The van der Waals surface area contributed by atoms with Gasteiger partial charge in [-0.25, -0.2) is 4.98 Å². The van der Waals surface area contributed by atoms with Crippen molar-refractivity contribution >= 4 is 36.0 Å². The number of fused-ring (bicyclic) bond motifs is 8. The minimum Gasteiger partial charge on any atom is -0.299 e. The third-order valence-corrected chi connectivity index (χ3v) is 8.11. The summed E-state index contributed by atoms with van der Waals surface area (Å²) in [4.78, 5) is 5.20. The maximum absolute atomic E-state index is 6.55. The standard InChI is InChI=1S/C31H27BN2/c1-30(2)25-13-12-19(16-23(25)24-17-31(3,32)15-14-26(24)30)27-18-34-28-11-7-6-9-21(28)20-8-4-5-10-22(20)29(34)33-27/h5-7,9-16,18H,4,8,17H2,1-3H3. The van der Waals surface area contributed by atoms with Crippen molar-refractivity contribution in [3.63, 3.8) is 0 Å². The molecule has 2 aromatic carbocycles. The lowest BCUT2D eigenvalue weighted by atomic mass is 9.63. The molecule has 3 heteroatoms. The zero-order chi connectivity index (χ0) is 23.2. The summed E-state index contributed by atoms with van der Waals surface area (Å²) in [6, 6.07) is 15.6. The minimum absolute atomic E-state index is 0.00478. The fraction of sp³-hybridized carbons (Fsp3) is 0.258. The summed E-state index contributed by atoms with van der Waals surface area (Å²) in [6.45, 7) is 6.77. The van der Waals surface area contributed by atoms with E-state index in [2.05, 4.69) is 98.1 Å². The van der Waals surface area contributed by atoms with Gasteiger partial charge in [-0.3, -0.25) is 4.40 Å². The summed E-state index contributed by atoms with van der Waals surface area (Å²) >= 11 is 0. The Morgan fingerprint density at radius 2 is 1.88 bits per heavy atom. The van der Waals surface area contributed by atoms with Gasteiger partial charge in [0.2, 0.25) is 0 Å². The van der Waals surface area contributed by atoms with Gasteiger partial charge in [0.25, 0.3) is 0 Å². The van der Waals surface area contributed by atoms with Crippen LogP contribution in [-0.4, -0.2) is 17.2 Å². The smallest absolute Gasteiger partial charge is 0.145 e. The van der Waals surface area contributed by atoms with Crippen LogP contribution in [0.4, 0.5) is 0 Å². The highest BCUT2D eigenvalue weighted by molar-refractivity contribution is 6.17. The molecule has 2 radical (unpaired) electrons. The van der Waals surface area contributed by atoms with Gasteiger partial charge in [-0.05, 0) is 64.5 Å². The van der Waals surface area contributed by atoms with Gasteiger partial charge in [-0.2, -0.15) is 0 Å². The van der Waals surface area contributed by atoms with E-state index in [9.17, 15) is 0 Å². The van der Waals surface area contributed by atoms with Crippen molar-refractivity contribution < 1.29 is 0 Å². The van der Waals surface area contributed by atoms with E-state index in [0.29, 0.717) is 0 Å². The molecule has 3 aliphatic rings. The van der Waals surface area contributed by atoms with Crippen LogP contribution in [0.2, 0.25) is 5.31 Å². The van der Waals surface area contributed by atoms with Crippen molar-refractivity contribution in [2.75, 3.05) is 0 Å². The molecule has 1 atom stereocenters. The van der Waals surface area contributed by atoms with Crippen LogP contribution < -0.4 is 0 Å². The first-order valence-corrected chi connectivity index (χ1v) is 12.3. The molecule has 2 aromatic heterocycles. The Bertz CT molecular complexity index is 1620. The molecule has 0 saturated carbocycles. The average molecular weight is 438 g/mol. The van der Waals surface area contributed by atoms with Crippen LogP contribution in [0.3, 0.4) is 0 Å². The summed E-state index contributed by atoms with van der Waals surface area (Å²) in [7, 11) is 6.55. The van der Waals surface area contributed by atoms with E-state index in [1.54, 1.807) is 0 Å². The molecular weight excluding hydrogens is 411 g/mol. The molecule has 34 heavy (non-hydrogen) atoms. The van der Waals surface area contributed by atoms with Gasteiger partial charge in [-0.1, -0.05) is 75.4 Å². The van der Waals surface area contributed by atoms with Gasteiger partial charge < -0.3 is 0 Å². The van der Waals surface area contributed by atoms with Crippen molar-refractivity contribution in [1.82, 2.24) is 9.38 Å². The van der Waals surface area contributed by atoms with Gasteiger partial charge in [0.1, 0.15) is 5.65 Å². The third kappa shape index (κ3) is 2.67. The molecule has 0 spiro atoms. The highest BCUT2D eigenvalue weighted by Gasteiger charge is 2.39. The largest absolute Gasteiger partial charge is 0.299 e. The van der Waals surface area contributed by atoms with E-state index in [-0.39, 0.29) is 10.7 Å². The number of hydrogen-bond acceptors (Lipinski definition) is 1. The SMILES string of the molecule is [B]C1(C)C=CC2=C(C1)c1cc(-c3cn4c(n3)c3c(c5ccccc54)CCC=C3)ccc1C2(C)C. The number of hydrogen-bond donors (Lipinski definition) is 0. The van der Waals surface area contributed by atoms with E-state index < -0.39 is 0 Å². The molecule has 0 saturated heterocycles. The number of aryl methyl sites for hydroxylation is 1. The summed E-state index contributed by atoms with van der Waals surface area (Å²) in [5, 5.41) is 1.03. The van der Waals surface area contributed by atoms with Gasteiger partial charge in [-0.15, -0.1) is 0 Å². The molecule has 0 aliphatic heterocycles. The summed E-state index contributed by atoms with van der Waals surface area (Å²) in [5.41, 5.74) is 12.7. The predicted octanol–water partition coefficient (Wildman–Crippen LogP) is 7.47. The number of aromatic nitrogens is 2. The maximum Gasteiger partial charge on any atom is 0.145 e. The molecule has 0 bridgehead atoms. The Morgan fingerprint density at radius 3 is 2.76 bits per heavy atom. The van der Waals surface area contributed by atoms with Crippen molar-refractivity contribution in [3.05, 3.63) is 94.7 Å². The summed E-state index contributed by atoms with van der Waals surface area (Å²) in [5.74, 6) is 0. The summed E-state index contributed by atoms with van der Waals surface area (Å²) < 4.78 is 2.28. The lowest BCUT2D eigenvalue weighted by Crippen LogP contribution is -2.18. The van der Waals surface area contributed by atoms with Crippen molar-refractivity contribution in [2.24, 2.45) is 0 Å². The van der Waals surface area contributed by atoms with Crippen molar-refractivity contribution in [2.45, 2.75) is 50.8 Å². The number of nitrogens with zero attached hydrogens (tertiary/aromatic N) is 2. The highest BCUT2D eigenvalue weighted by atomic mass is 15.0. The van der Waals surface area contributed by atoms with Crippen LogP contribution in [0.25, 0.3) is 39.5 Å². The van der Waals surface area contributed by atoms with E-state index in [1.165, 1.54) is 44.3 Å². The zero-order valence-corrected chi connectivity index (χ0v) is 20.0. The Hall–Kier alpha value is -3.33. The third-order valence-electron chi connectivity index (χ3n) is 8.11. The average Bonchev–Trinajstić information content (AvgIpc) is 3.37. The van der Waals surface area contributed by atoms with Crippen LogP contribution in [0.1, 0.15) is 55.9 Å². The molecule has 2 heterocycles. The van der Waals surface area contributed by atoms with Crippen LogP contribution in [-0.2, 0) is 11.8 Å². The molecule has 3 aliphatic carbocycles. The van der Waals surface area contributed by atoms with Gasteiger partial charge in [0.05, 0.1) is 19.1 Å². The minimum atomic E-state index is -0.306. The van der Waals surface area contributed by atoms with Crippen LogP contribution >= 0.6 is 0 Å². The molecule has 4 aromatic rings. The van der Waals surface area contributed by atoms with Crippen LogP contribution in [0.5, 0.6) is 0 Å². The molecule has 0 fully saturated rings. The monoisotopic (exact) mass is 438 g/mol. The molecule has 7 rings (SSSR count). The second kappa shape index (κ2) is 6.63. The fourth-order valence-electron chi connectivity index (χ4n) is 6.36. The fourth-order valence-corrected chi connectivity index (χ4v) is 6.36. The normalized spacial score (nSPS) is 22.3. The van der Waals surface area contributed by atoms with Crippen molar-refractivity contribution in [3.8, 4) is 11.3 Å². The van der Waals surface area contributed by atoms with E-state index in [1.807, 2.05) is 0 Å². The molecule has 0 N–H and O–H groups in total. The molecule has 2 nitrogen and oxygen atoms in total. The Kier molecular flexibility index (Phi) is 3.91. The molecule has 1 unspecified atom stereocenters. The quantitative estimate of drug-likeness (QED) is 0.282. The van der Waals surface area contributed by atoms with Gasteiger partial charge >= 0.3 is 0 Å². The van der Waals surface area contributed by atoms with Crippen LogP contribution in [0.15, 0.2) is 72.5 Å². The number of benzene rings is 2. The second-order valence-electron chi connectivity index (χ2n) is 11.0. The van der Waals surface area contributed by atoms with Crippen molar-refractivity contribution in [1.29, 1.82) is 0 Å². The lowest BCUT2D eigenvalue weighted by Gasteiger charge is -2.29. The van der Waals surface area contributed by atoms with E-state index in [0.717, 1.165) is 36.2 Å². The molecule has 0 amide bonds. The first-order chi connectivity index (χ1) is 16.3. The van der Waals surface area contributed by atoms with Gasteiger partial charge in [0.15, 0.2) is 0 Å². The summed E-state index contributed by atoms with van der Waals surface area (Å²) in [6.07, 6.45) is 14.2. The number of allylic oxidation sites excluding steroid dienone is 5. The Morgan fingerprint density at radius 1 is 1.03 bits per heavy atom. The number of para-hydroxylation sites is 1. The molecular formula is C31H27BN2. The van der Waals surface area contributed by atoms with Gasteiger partial charge in [0, 0.05) is 28.1 Å². The number of imidazole rings is 1. The van der Waals surface area contributed by atoms with E-state index >= 15 is 0 Å². The first kappa shape index (κ1) is 20.1. The number of pyridine rings is 1.